The van der Waals surface area contributed by atoms with Crippen LogP contribution in [0.3, 0.4) is 0 Å². The summed E-state index contributed by atoms with van der Waals surface area (Å²) < 4.78 is 5.19. The predicted octanol–water partition coefficient (Wildman–Crippen LogP) is 11.2. The molecule has 0 heterocycles. The zero-order valence-electron chi connectivity index (χ0n) is 31.4. The lowest BCUT2D eigenvalue weighted by molar-refractivity contribution is -0.139. The highest BCUT2D eigenvalue weighted by Gasteiger charge is 2.22. The van der Waals surface area contributed by atoms with Crippen LogP contribution in [0.15, 0.2) is 101 Å². The number of benzene rings is 3. The van der Waals surface area contributed by atoms with Crippen LogP contribution in [0.2, 0.25) is 0 Å². The average molecular weight is 738 g/mol. The number of nitrogens with one attached hydrogen (secondary N) is 1. The second kappa shape index (κ2) is 26.8. The van der Waals surface area contributed by atoms with Gasteiger partial charge in [-0.15, -0.1) is 23.5 Å². The summed E-state index contributed by atoms with van der Waals surface area (Å²) in [4.78, 5) is 27.0. The van der Waals surface area contributed by atoms with Gasteiger partial charge in [-0.05, 0) is 109 Å². The third kappa shape index (κ3) is 17.8. The van der Waals surface area contributed by atoms with Gasteiger partial charge < -0.3 is 15.2 Å². The Hall–Kier alpha value is -2.91. The summed E-state index contributed by atoms with van der Waals surface area (Å²) in [6.45, 7) is 17.3. The molecule has 0 aliphatic heterocycles. The van der Waals surface area contributed by atoms with Crippen LogP contribution in [0.25, 0.3) is 11.1 Å². The summed E-state index contributed by atoms with van der Waals surface area (Å²) in [7, 11) is 1.78. The van der Waals surface area contributed by atoms with E-state index in [1.807, 2.05) is 85.3 Å². The monoisotopic (exact) mass is 737 g/mol. The fourth-order valence-electron chi connectivity index (χ4n) is 5.07. The number of hydrogen-bond donors (Lipinski definition) is 2. The van der Waals surface area contributed by atoms with E-state index >= 15 is 0 Å². The fraction of sp³-hybridized carbons (Fsp3) is 0.429. The van der Waals surface area contributed by atoms with E-state index < -0.39 is 12.0 Å². The number of rotatable bonds is 18. The number of carboxylic acid groups (broad SMARTS) is 1. The number of hydrogen-bond acceptors (Lipinski definition) is 6. The number of thioether (sulfide) groups is 3. The highest BCUT2D eigenvalue weighted by molar-refractivity contribution is 8.03. The molecule has 274 valence electrons. The molecule has 3 aromatic rings. The summed E-state index contributed by atoms with van der Waals surface area (Å²) in [5.74, 6) is 1.12. The highest BCUT2D eigenvalue weighted by atomic mass is 32.2. The van der Waals surface area contributed by atoms with E-state index in [0.29, 0.717) is 28.9 Å². The van der Waals surface area contributed by atoms with E-state index in [1.165, 1.54) is 22.6 Å². The molecular formula is C42H59NO4S3. The number of allylic oxidation sites excluding steroid dienone is 3. The standard InChI is InChI=1S/C21H25NO3S.C14H22OS.C7H12S/c1-4-15-9-10-17(18(13-15)16-8-6-5-7-14(16)2)20(23)22-19(21(24)25)11-12-26-3;1-4-13(10-12(2)11-15-3)16-14-8-6-5-7-9-14;1-4-6-7(3)8-5-2/h5-10,13,19H,4,11-12H2,1-3H3,(H,22,23)(H,24,25);5-9,12-13H,4,10-11H2,1-3H3;4,6H,1,5H2,2-3H3/b;;7-6+. The van der Waals surface area contributed by atoms with Crippen LogP contribution in [0, 0.1) is 12.8 Å². The molecule has 0 aliphatic rings. The quantitative estimate of drug-likeness (QED) is 0.0994. The predicted molar refractivity (Wildman–Crippen MR) is 222 cm³/mol. The van der Waals surface area contributed by atoms with Gasteiger partial charge in [0.2, 0.25) is 0 Å². The van der Waals surface area contributed by atoms with Gasteiger partial charge in [-0.25, -0.2) is 4.79 Å². The van der Waals surface area contributed by atoms with Gasteiger partial charge in [0, 0.05) is 29.4 Å². The van der Waals surface area contributed by atoms with Crippen LogP contribution in [-0.2, 0) is 16.0 Å². The Bertz CT molecular complexity index is 1440. The van der Waals surface area contributed by atoms with Gasteiger partial charge in [0.25, 0.3) is 5.91 Å². The molecule has 50 heavy (non-hydrogen) atoms. The first-order valence-electron chi connectivity index (χ1n) is 17.4. The average Bonchev–Trinajstić information content (AvgIpc) is 3.11. The van der Waals surface area contributed by atoms with Gasteiger partial charge in [0.1, 0.15) is 6.04 Å². The molecule has 0 bridgehead atoms. The number of methoxy groups -OCH3 is 1. The first kappa shape index (κ1) is 45.1. The molecule has 5 nitrogen and oxygen atoms in total. The second-order valence-electron chi connectivity index (χ2n) is 11.9. The molecule has 8 heteroatoms. The molecular weight excluding hydrogens is 679 g/mol. The molecule has 0 saturated carbocycles. The van der Waals surface area contributed by atoms with Crippen molar-refractivity contribution in [1.82, 2.24) is 5.32 Å². The third-order valence-electron chi connectivity index (χ3n) is 7.73. The summed E-state index contributed by atoms with van der Waals surface area (Å²) in [6.07, 6.45) is 9.46. The molecule has 0 radical (unpaired) electrons. The van der Waals surface area contributed by atoms with Gasteiger partial charge in [-0.3, -0.25) is 4.79 Å². The van der Waals surface area contributed by atoms with Gasteiger partial charge in [-0.1, -0.05) is 101 Å². The lowest BCUT2D eigenvalue weighted by Crippen LogP contribution is -2.41. The number of amides is 1. The number of carboxylic acids is 1. The van der Waals surface area contributed by atoms with Crippen molar-refractivity contribution in [2.24, 2.45) is 5.92 Å². The minimum absolute atomic E-state index is 0.348. The topological polar surface area (TPSA) is 75.6 Å². The van der Waals surface area contributed by atoms with Gasteiger partial charge >= 0.3 is 5.97 Å². The minimum Gasteiger partial charge on any atom is -0.480 e. The summed E-state index contributed by atoms with van der Waals surface area (Å²) in [5, 5.41) is 12.8. The Kier molecular flexibility index (Phi) is 24.2. The summed E-state index contributed by atoms with van der Waals surface area (Å²) in [6, 6.07) is 23.4. The van der Waals surface area contributed by atoms with Crippen molar-refractivity contribution >= 4 is 47.2 Å². The Morgan fingerprint density at radius 1 is 1.00 bits per heavy atom. The van der Waals surface area contributed by atoms with E-state index in [2.05, 4.69) is 76.8 Å². The van der Waals surface area contributed by atoms with Crippen molar-refractivity contribution in [3.8, 4) is 11.1 Å². The molecule has 3 aromatic carbocycles. The first-order chi connectivity index (χ1) is 24.0. The molecule has 2 N–H and O–H groups in total. The largest absolute Gasteiger partial charge is 0.480 e. The van der Waals surface area contributed by atoms with E-state index in [-0.39, 0.29) is 5.91 Å². The molecule has 0 aromatic heterocycles. The lowest BCUT2D eigenvalue weighted by Gasteiger charge is -2.18. The smallest absolute Gasteiger partial charge is 0.326 e. The summed E-state index contributed by atoms with van der Waals surface area (Å²) >= 11 is 5.40. The minimum atomic E-state index is -1.00. The molecule has 3 rings (SSSR count). The van der Waals surface area contributed by atoms with Gasteiger partial charge in [-0.2, -0.15) is 11.8 Å². The molecule has 0 spiro atoms. The van der Waals surface area contributed by atoms with Crippen LogP contribution in [0.4, 0.5) is 0 Å². The molecule has 3 atom stereocenters. The summed E-state index contributed by atoms with van der Waals surface area (Å²) in [5.41, 5.74) is 4.55. The van der Waals surface area contributed by atoms with Crippen LogP contribution in [0.1, 0.15) is 75.4 Å². The Labute approximate surface area is 315 Å². The maximum Gasteiger partial charge on any atom is 0.326 e. The highest BCUT2D eigenvalue weighted by Crippen LogP contribution is 2.30. The zero-order valence-corrected chi connectivity index (χ0v) is 33.8. The molecule has 3 unspecified atom stereocenters. The number of aliphatic carboxylic acids is 1. The van der Waals surface area contributed by atoms with Crippen molar-refractivity contribution in [1.29, 1.82) is 0 Å². The molecule has 1 amide bonds. The Morgan fingerprint density at radius 3 is 2.24 bits per heavy atom. The molecule has 0 fully saturated rings. The number of carbonyl (C=O) groups excluding carboxylic acids is 1. The number of carbonyl (C=O) groups is 2. The first-order valence-corrected chi connectivity index (χ1v) is 20.6. The maximum absolute atomic E-state index is 12.8. The van der Waals surface area contributed by atoms with Crippen molar-refractivity contribution in [3.63, 3.8) is 0 Å². The van der Waals surface area contributed by atoms with E-state index in [9.17, 15) is 14.7 Å². The van der Waals surface area contributed by atoms with Crippen molar-refractivity contribution in [3.05, 3.63) is 113 Å². The normalized spacial score (nSPS) is 12.7. The van der Waals surface area contributed by atoms with Crippen LogP contribution < -0.4 is 5.32 Å². The van der Waals surface area contributed by atoms with Crippen LogP contribution in [-0.4, -0.2) is 59.8 Å². The second-order valence-corrected chi connectivity index (χ2v) is 15.8. The SMILES string of the molecule is C=C/C=C(\C)SCC.CCC(CC(C)COC)Sc1ccccc1.CCc1ccc(C(=O)NC(CCSC)C(=O)O)c(-c2ccccc2C)c1. The van der Waals surface area contributed by atoms with Gasteiger partial charge in [0.15, 0.2) is 0 Å². The fourth-order valence-corrected chi connectivity index (χ4v) is 7.48. The molecule has 0 saturated heterocycles. The van der Waals surface area contributed by atoms with E-state index in [0.717, 1.165) is 41.0 Å². The van der Waals surface area contributed by atoms with Crippen LogP contribution in [0.5, 0.6) is 0 Å². The Morgan fingerprint density at radius 2 is 1.68 bits per heavy atom. The zero-order chi connectivity index (χ0) is 37.3. The van der Waals surface area contributed by atoms with Crippen LogP contribution >= 0.6 is 35.3 Å². The maximum atomic E-state index is 12.8. The van der Waals surface area contributed by atoms with Gasteiger partial charge in [0.05, 0.1) is 0 Å². The third-order valence-corrected chi connectivity index (χ3v) is 10.7. The van der Waals surface area contributed by atoms with Crippen molar-refractivity contribution < 1.29 is 19.4 Å². The number of ether oxygens (including phenoxy) is 1. The van der Waals surface area contributed by atoms with E-state index in [1.54, 1.807) is 24.9 Å². The van der Waals surface area contributed by atoms with E-state index in [4.69, 9.17) is 4.74 Å². The lowest BCUT2D eigenvalue weighted by atomic mass is 9.93. The van der Waals surface area contributed by atoms with Crippen molar-refractivity contribution in [2.75, 3.05) is 31.5 Å². The number of aryl methyl sites for hydroxylation is 2. The Balaban J connectivity index is 0.000000441. The molecule has 0 aliphatic carbocycles. The van der Waals surface area contributed by atoms with Crippen molar-refractivity contribution in [2.45, 2.75) is 83.4 Å².